The van der Waals surface area contributed by atoms with Crippen LogP contribution in [0.25, 0.3) is 0 Å². The molecule has 1 heterocycles. The Morgan fingerprint density at radius 2 is 1.73 bits per heavy atom. The lowest BCUT2D eigenvalue weighted by atomic mass is 9.98. The van der Waals surface area contributed by atoms with E-state index in [9.17, 15) is 24.6 Å². The number of aromatic carboxylic acids is 1. The van der Waals surface area contributed by atoms with Gasteiger partial charge in [0.2, 0.25) is 0 Å². The normalized spacial score (nSPS) is 12.2. The second-order valence-electron chi connectivity index (χ2n) is 7.91. The topological polar surface area (TPSA) is 119 Å². The largest absolute Gasteiger partial charge is 0.507 e. The Morgan fingerprint density at radius 3 is 2.36 bits per heavy atom. The van der Waals surface area contributed by atoms with Gasteiger partial charge in [0.25, 0.3) is 0 Å². The van der Waals surface area contributed by atoms with Crippen LogP contribution in [0.5, 0.6) is 28.7 Å². The summed E-state index contributed by atoms with van der Waals surface area (Å²) in [5.41, 5.74) is -0.0863. The van der Waals surface area contributed by atoms with Crippen LogP contribution in [0.15, 0.2) is 18.2 Å². The molecule has 0 saturated heterocycles. The number of carboxylic acids is 1. The maximum Gasteiger partial charge on any atom is 0.348 e. The van der Waals surface area contributed by atoms with E-state index in [0.717, 1.165) is 25.3 Å². The number of ketones is 1. The number of carboxylic acid groups (broad SMARTS) is 1. The van der Waals surface area contributed by atoms with Crippen molar-refractivity contribution in [2.24, 2.45) is 0 Å². The number of esters is 1. The fraction of sp³-hybridized carbons (Fsp3) is 0.400. The lowest BCUT2D eigenvalue weighted by molar-refractivity contribution is 0.0682. The number of unbranched alkanes of at least 4 members (excludes halogenated alkanes) is 3. The van der Waals surface area contributed by atoms with Crippen molar-refractivity contribution in [3.8, 4) is 28.7 Å². The Balaban J connectivity index is 2.18. The quantitative estimate of drug-likeness (QED) is 0.207. The molecule has 0 atom stereocenters. The van der Waals surface area contributed by atoms with Gasteiger partial charge in [-0.15, -0.1) is 0 Å². The molecule has 1 aliphatic rings. The second-order valence-corrected chi connectivity index (χ2v) is 7.91. The minimum Gasteiger partial charge on any atom is -0.507 e. The van der Waals surface area contributed by atoms with E-state index in [2.05, 4.69) is 0 Å². The fourth-order valence-electron chi connectivity index (χ4n) is 3.85. The first kappa shape index (κ1) is 24.1. The van der Waals surface area contributed by atoms with E-state index >= 15 is 0 Å². The molecule has 2 N–H and O–H groups in total. The molecule has 0 amide bonds. The predicted molar refractivity (Wildman–Crippen MR) is 120 cm³/mol. The van der Waals surface area contributed by atoms with Gasteiger partial charge in [-0.3, -0.25) is 4.79 Å². The Labute approximate surface area is 192 Å². The smallest absolute Gasteiger partial charge is 0.348 e. The molecule has 0 unspecified atom stereocenters. The van der Waals surface area contributed by atoms with Crippen molar-refractivity contribution >= 4 is 17.7 Å². The monoisotopic (exact) mass is 456 g/mol. The summed E-state index contributed by atoms with van der Waals surface area (Å²) in [5.74, 6) is -2.61. The zero-order chi connectivity index (χ0) is 24.1. The van der Waals surface area contributed by atoms with Gasteiger partial charge >= 0.3 is 11.9 Å². The summed E-state index contributed by atoms with van der Waals surface area (Å²) >= 11 is 0. The first-order valence-electron chi connectivity index (χ1n) is 11.1. The van der Waals surface area contributed by atoms with Crippen molar-refractivity contribution in [2.75, 3.05) is 7.11 Å². The first-order chi connectivity index (χ1) is 15.8. The van der Waals surface area contributed by atoms with E-state index in [1.165, 1.54) is 19.2 Å². The zero-order valence-corrected chi connectivity index (χ0v) is 19.0. The SMILES string of the molecule is CCCCCc1c2c(cc(O)c1C(=O)O)Oc1cc(OC)cc(C(=O)CCCC)c1C(=O)O2. The van der Waals surface area contributed by atoms with Gasteiger partial charge in [-0.25, -0.2) is 9.59 Å². The van der Waals surface area contributed by atoms with Crippen LogP contribution in [-0.4, -0.2) is 35.0 Å². The van der Waals surface area contributed by atoms with Gasteiger partial charge in [0.1, 0.15) is 28.4 Å². The molecule has 0 fully saturated rings. The number of carbonyl (C=O) groups excluding carboxylic acids is 2. The lowest BCUT2D eigenvalue weighted by Gasteiger charge is -2.15. The molecule has 2 aromatic carbocycles. The highest BCUT2D eigenvalue weighted by Crippen LogP contribution is 2.46. The van der Waals surface area contributed by atoms with E-state index in [0.29, 0.717) is 18.6 Å². The first-order valence-corrected chi connectivity index (χ1v) is 11.1. The summed E-state index contributed by atoms with van der Waals surface area (Å²) in [6.07, 6.45) is 4.32. The lowest BCUT2D eigenvalue weighted by Crippen LogP contribution is -2.15. The summed E-state index contributed by atoms with van der Waals surface area (Å²) in [5, 5.41) is 20.1. The highest BCUT2D eigenvalue weighted by atomic mass is 16.6. The summed E-state index contributed by atoms with van der Waals surface area (Å²) in [4.78, 5) is 38.0. The van der Waals surface area contributed by atoms with Crippen LogP contribution in [0.2, 0.25) is 0 Å². The van der Waals surface area contributed by atoms with E-state index < -0.39 is 17.7 Å². The van der Waals surface area contributed by atoms with Crippen molar-refractivity contribution in [2.45, 2.75) is 58.8 Å². The van der Waals surface area contributed by atoms with Gasteiger partial charge in [0.05, 0.1) is 7.11 Å². The third-order valence-electron chi connectivity index (χ3n) is 5.56. The molecule has 8 heteroatoms. The number of aromatic hydroxyl groups is 1. The van der Waals surface area contributed by atoms with Crippen LogP contribution < -0.4 is 14.2 Å². The van der Waals surface area contributed by atoms with Gasteiger partial charge < -0.3 is 24.4 Å². The average Bonchev–Trinajstić information content (AvgIpc) is 2.92. The van der Waals surface area contributed by atoms with Crippen LogP contribution >= 0.6 is 0 Å². The maximum absolute atomic E-state index is 13.2. The number of Topliss-reactive ketones (excluding diaryl/α,β-unsaturated/α-hetero) is 1. The molecule has 0 bridgehead atoms. The highest BCUT2D eigenvalue weighted by Gasteiger charge is 2.33. The predicted octanol–water partition coefficient (Wildman–Crippen LogP) is 5.53. The van der Waals surface area contributed by atoms with Gasteiger partial charge in [-0.2, -0.15) is 0 Å². The van der Waals surface area contributed by atoms with E-state index in [-0.39, 0.29) is 58.1 Å². The number of carbonyl (C=O) groups is 3. The van der Waals surface area contributed by atoms with E-state index in [1.54, 1.807) is 0 Å². The number of methoxy groups -OCH3 is 1. The van der Waals surface area contributed by atoms with Gasteiger partial charge in [0, 0.05) is 29.7 Å². The number of rotatable bonds is 10. The van der Waals surface area contributed by atoms with Gasteiger partial charge in [-0.1, -0.05) is 33.1 Å². The number of fused-ring (bicyclic) bond motifs is 2. The third-order valence-corrected chi connectivity index (χ3v) is 5.56. The Bertz CT molecular complexity index is 1090. The molecule has 0 radical (unpaired) electrons. The number of phenols is 1. The third kappa shape index (κ3) is 4.94. The van der Waals surface area contributed by atoms with Crippen molar-refractivity contribution in [1.82, 2.24) is 0 Å². The second kappa shape index (κ2) is 10.4. The van der Waals surface area contributed by atoms with E-state index in [4.69, 9.17) is 14.2 Å². The molecule has 8 nitrogen and oxygen atoms in total. The molecule has 3 rings (SSSR count). The molecule has 0 aromatic heterocycles. The molecule has 33 heavy (non-hydrogen) atoms. The minimum absolute atomic E-state index is 0.00342. The number of benzene rings is 2. The van der Waals surface area contributed by atoms with Gasteiger partial charge in [0.15, 0.2) is 17.3 Å². The molecule has 0 saturated carbocycles. The molecule has 2 aromatic rings. The minimum atomic E-state index is -1.34. The molecular weight excluding hydrogens is 428 g/mol. The summed E-state index contributed by atoms with van der Waals surface area (Å²) in [6.45, 7) is 3.96. The van der Waals surface area contributed by atoms with Crippen molar-refractivity contribution in [3.63, 3.8) is 0 Å². The van der Waals surface area contributed by atoms with Crippen LogP contribution in [0.3, 0.4) is 0 Å². The zero-order valence-electron chi connectivity index (χ0n) is 19.0. The van der Waals surface area contributed by atoms with Crippen LogP contribution in [0.1, 0.15) is 89.0 Å². The Hall–Kier alpha value is -3.55. The average molecular weight is 456 g/mol. The Kier molecular flexibility index (Phi) is 7.58. The number of ether oxygens (including phenoxy) is 3. The maximum atomic E-state index is 13.2. The summed E-state index contributed by atoms with van der Waals surface area (Å²) in [7, 11) is 1.43. The van der Waals surface area contributed by atoms with Crippen molar-refractivity contribution < 1.29 is 38.8 Å². The fourth-order valence-corrected chi connectivity index (χ4v) is 3.85. The number of hydrogen-bond donors (Lipinski definition) is 2. The molecular formula is C25H28O8. The van der Waals surface area contributed by atoms with Crippen LogP contribution in [0, 0.1) is 0 Å². The van der Waals surface area contributed by atoms with Crippen LogP contribution in [0.4, 0.5) is 0 Å². The number of hydrogen-bond acceptors (Lipinski definition) is 7. The van der Waals surface area contributed by atoms with Crippen LogP contribution in [-0.2, 0) is 6.42 Å². The van der Waals surface area contributed by atoms with Crippen molar-refractivity contribution in [1.29, 1.82) is 0 Å². The standard InChI is InChI=1S/C25H28O8/c1-4-6-8-9-15-21(24(28)29)18(27)13-20-23(15)33-25(30)22-16(17(26)10-7-5-2)11-14(31-3)12-19(22)32-20/h11-13,27H,4-10H2,1-3H3,(H,28,29). The molecule has 0 spiro atoms. The highest BCUT2D eigenvalue weighted by molar-refractivity contribution is 6.09. The van der Waals surface area contributed by atoms with Crippen molar-refractivity contribution in [3.05, 3.63) is 40.5 Å². The van der Waals surface area contributed by atoms with E-state index in [1.807, 2.05) is 13.8 Å². The van der Waals surface area contributed by atoms with Gasteiger partial charge in [-0.05, 0) is 25.3 Å². The molecule has 176 valence electrons. The Morgan fingerprint density at radius 1 is 1.00 bits per heavy atom. The molecule has 0 aliphatic carbocycles. The molecule has 1 aliphatic heterocycles. The summed E-state index contributed by atoms with van der Waals surface area (Å²) in [6, 6.07) is 4.05. The summed E-state index contributed by atoms with van der Waals surface area (Å²) < 4.78 is 16.9.